The molecule has 1 atom stereocenters. The molecular weight excluding hydrogens is 292 g/mol. The van der Waals surface area contributed by atoms with Gasteiger partial charge in [0.2, 0.25) is 0 Å². The lowest BCUT2D eigenvalue weighted by Gasteiger charge is -2.10. The third-order valence-electron chi connectivity index (χ3n) is 1.73. The highest BCUT2D eigenvalue weighted by atomic mass is 79.9. The first kappa shape index (κ1) is 13.4. The minimum atomic E-state index is -0.384. The van der Waals surface area contributed by atoms with Crippen molar-refractivity contribution >= 4 is 33.2 Å². The van der Waals surface area contributed by atoms with Crippen LogP contribution < -0.4 is 0 Å². The van der Waals surface area contributed by atoms with E-state index in [0.717, 1.165) is 5.56 Å². The second-order valence-corrected chi connectivity index (χ2v) is 4.77. The van der Waals surface area contributed by atoms with Gasteiger partial charge in [-0.25, -0.2) is 4.79 Å². The van der Waals surface area contributed by atoms with Gasteiger partial charge in [-0.2, -0.15) is 11.3 Å². The molecule has 0 aliphatic heterocycles. The van der Waals surface area contributed by atoms with Crippen LogP contribution in [0, 0.1) is 0 Å². The van der Waals surface area contributed by atoms with Crippen LogP contribution in [0.1, 0.15) is 17.5 Å². The van der Waals surface area contributed by atoms with Gasteiger partial charge in [0, 0.05) is 11.1 Å². The fourth-order valence-electron chi connectivity index (χ4n) is 0.910. The Morgan fingerprint density at radius 2 is 2.38 bits per heavy atom. The number of rotatable bonds is 6. The number of carbonyl (C=O) groups excluding carboxylic acids is 1. The van der Waals surface area contributed by atoms with E-state index < -0.39 is 0 Å². The van der Waals surface area contributed by atoms with Crippen molar-refractivity contribution in [3.63, 3.8) is 0 Å². The summed E-state index contributed by atoms with van der Waals surface area (Å²) >= 11 is 5.00. The summed E-state index contributed by atoms with van der Waals surface area (Å²) in [5.41, 5.74) is 1.46. The summed E-state index contributed by atoms with van der Waals surface area (Å²) in [5.74, 6) is -0.384. The van der Waals surface area contributed by atoms with Crippen molar-refractivity contribution in [2.45, 2.75) is 11.9 Å². The Balaban J connectivity index is 2.16. The summed E-state index contributed by atoms with van der Waals surface area (Å²) in [7, 11) is 0. The van der Waals surface area contributed by atoms with Crippen LogP contribution in [0.25, 0.3) is 0 Å². The number of thiophene rings is 1. The maximum atomic E-state index is 11.0. The molecule has 0 spiro atoms. The largest absolute Gasteiger partial charge is 0.460 e. The number of hydrogen-bond donors (Lipinski definition) is 0. The van der Waals surface area contributed by atoms with Crippen LogP contribution in [-0.4, -0.2) is 19.2 Å². The van der Waals surface area contributed by atoms with Gasteiger partial charge in [0.05, 0.1) is 6.61 Å². The summed E-state index contributed by atoms with van der Waals surface area (Å²) in [5, 5.41) is 3.83. The topological polar surface area (TPSA) is 35.5 Å². The van der Waals surface area contributed by atoms with Crippen LogP contribution in [0.3, 0.4) is 0 Å². The molecule has 5 heteroatoms. The average Bonchev–Trinajstić information content (AvgIpc) is 2.76. The minimum Gasteiger partial charge on any atom is -0.460 e. The van der Waals surface area contributed by atoms with E-state index >= 15 is 0 Å². The molecule has 0 aliphatic rings. The molecule has 0 radical (unpaired) electrons. The van der Waals surface area contributed by atoms with E-state index in [0.29, 0.717) is 12.2 Å². The molecule has 3 nitrogen and oxygen atoms in total. The van der Waals surface area contributed by atoms with E-state index in [1.54, 1.807) is 18.3 Å². The Morgan fingerprint density at radius 3 is 2.94 bits per heavy atom. The molecule has 0 aromatic carbocycles. The first-order valence-electron chi connectivity index (χ1n) is 4.71. The molecule has 1 aromatic rings. The van der Waals surface area contributed by atoms with E-state index in [2.05, 4.69) is 22.5 Å². The zero-order chi connectivity index (χ0) is 12.0. The quantitative estimate of drug-likeness (QED) is 0.350. The van der Waals surface area contributed by atoms with E-state index in [1.165, 1.54) is 0 Å². The number of halogens is 1. The van der Waals surface area contributed by atoms with Crippen molar-refractivity contribution in [2.75, 3.05) is 13.2 Å². The number of carbonyl (C=O) groups is 1. The van der Waals surface area contributed by atoms with Crippen molar-refractivity contribution in [2.24, 2.45) is 0 Å². The second-order valence-electron chi connectivity index (χ2n) is 3.16. The number of ether oxygens (including phenoxy) is 2. The molecule has 1 heterocycles. The monoisotopic (exact) mass is 304 g/mol. The molecule has 0 amide bonds. The highest BCUT2D eigenvalue weighted by Crippen LogP contribution is 2.25. The SMILES string of the molecule is C=C(C)C(=O)OCCOC(Br)c1ccsc1. The maximum absolute atomic E-state index is 11.0. The van der Waals surface area contributed by atoms with Crippen LogP contribution >= 0.6 is 27.3 Å². The molecule has 0 aliphatic carbocycles. The Labute approximate surface area is 107 Å². The molecule has 16 heavy (non-hydrogen) atoms. The van der Waals surface area contributed by atoms with E-state index in [9.17, 15) is 4.79 Å². The second kappa shape index (κ2) is 6.83. The molecule has 0 N–H and O–H groups in total. The van der Waals surface area contributed by atoms with Gasteiger partial charge >= 0.3 is 5.97 Å². The summed E-state index contributed by atoms with van der Waals surface area (Å²) in [6, 6.07) is 1.98. The zero-order valence-electron chi connectivity index (χ0n) is 8.94. The first-order valence-corrected chi connectivity index (χ1v) is 6.57. The van der Waals surface area contributed by atoms with Crippen LogP contribution in [-0.2, 0) is 14.3 Å². The number of esters is 1. The smallest absolute Gasteiger partial charge is 0.333 e. The van der Waals surface area contributed by atoms with Crippen LogP contribution in [0.4, 0.5) is 0 Å². The van der Waals surface area contributed by atoms with Gasteiger partial charge in [-0.3, -0.25) is 0 Å². The fraction of sp³-hybridized carbons (Fsp3) is 0.364. The van der Waals surface area contributed by atoms with Crippen molar-refractivity contribution in [3.8, 4) is 0 Å². The fourth-order valence-corrected chi connectivity index (χ4v) is 2.23. The van der Waals surface area contributed by atoms with Gasteiger partial charge in [-0.05, 0) is 23.8 Å². The summed E-state index contributed by atoms with van der Waals surface area (Å²) in [4.78, 5) is 11.0. The molecule has 1 rings (SSSR count). The highest BCUT2D eigenvalue weighted by Gasteiger charge is 2.08. The lowest BCUT2D eigenvalue weighted by atomic mass is 10.4. The molecule has 0 bridgehead atoms. The molecule has 1 unspecified atom stereocenters. The standard InChI is InChI=1S/C11H13BrO3S/c1-8(2)11(13)15-5-4-14-10(12)9-3-6-16-7-9/h3,6-7,10H,1,4-5H2,2H3. The highest BCUT2D eigenvalue weighted by molar-refractivity contribution is 9.09. The van der Waals surface area contributed by atoms with E-state index in [-0.39, 0.29) is 17.6 Å². The molecule has 0 saturated carbocycles. The normalized spacial score (nSPS) is 12.1. The van der Waals surface area contributed by atoms with Gasteiger partial charge < -0.3 is 9.47 Å². The average molecular weight is 305 g/mol. The molecule has 0 saturated heterocycles. The molecule has 0 fully saturated rings. The van der Waals surface area contributed by atoms with Gasteiger partial charge in [0.1, 0.15) is 11.6 Å². The Kier molecular flexibility index (Phi) is 5.73. The lowest BCUT2D eigenvalue weighted by Crippen LogP contribution is -2.11. The molecule has 1 aromatic heterocycles. The van der Waals surface area contributed by atoms with Crippen LogP contribution in [0.5, 0.6) is 0 Å². The van der Waals surface area contributed by atoms with Crippen molar-refractivity contribution < 1.29 is 14.3 Å². The Bertz CT molecular complexity index is 348. The van der Waals surface area contributed by atoms with Crippen LogP contribution in [0.2, 0.25) is 0 Å². The zero-order valence-corrected chi connectivity index (χ0v) is 11.3. The summed E-state index contributed by atoms with van der Waals surface area (Å²) in [6.07, 6.45) is 0. The van der Waals surface area contributed by atoms with Crippen LogP contribution in [0.15, 0.2) is 29.0 Å². The lowest BCUT2D eigenvalue weighted by molar-refractivity contribution is -0.140. The summed E-state index contributed by atoms with van der Waals surface area (Å²) in [6.45, 7) is 5.69. The molecular formula is C11H13BrO3S. The van der Waals surface area contributed by atoms with E-state index in [4.69, 9.17) is 9.47 Å². The van der Waals surface area contributed by atoms with Crippen molar-refractivity contribution in [1.29, 1.82) is 0 Å². The van der Waals surface area contributed by atoms with Gasteiger partial charge in [0.15, 0.2) is 0 Å². The van der Waals surface area contributed by atoms with Gasteiger partial charge in [-0.1, -0.05) is 22.5 Å². The molecule has 88 valence electrons. The maximum Gasteiger partial charge on any atom is 0.333 e. The predicted octanol–water partition coefficient (Wildman–Crippen LogP) is 3.28. The summed E-state index contributed by atoms with van der Waals surface area (Å²) < 4.78 is 10.3. The van der Waals surface area contributed by atoms with Gasteiger partial charge in [0.25, 0.3) is 0 Å². The third-order valence-corrected chi connectivity index (χ3v) is 3.23. The number of hydrogen-bond acceptors (Lipinski definition) is 4. The first-order chi connectivity index (χ1) is 7.61. The Hall–Kier alpha value is -0.650. The van der Waals surface area contributed by atoms with E-state index in [1.807, 2.05) is 16.8 Å². The Morgan fingerprint density at radius 1 is 1.62 bits per heavy atom. The number of alkyl halides is 1. The minimum absolute atomic E-state index is 0.151. The van der Waals surface area contributed by atoms with Crippen molar-refractivity contribution in [3.05, 3.63) is 34.5 Å². The van der Waals surface area contributed by atoms with Crippen molar-refractivity contribution in [1.82, 2.24) is 0 Å². The third kappa shape index (κ3) is 4.47. The predicted molar refractivity (Wildman–Crippen MR) is 67.7 cm³/mol. The van der Waals surface area contributed by atoms with Gasteiger partial charge in [-0.15, -0.1) is 0 Å².